The number of benzene rings is 4. The van der Waals surface area contributed by atoms with Crippen molar-refractivity contribution in [3.63, 3.8) is 0 Å². The van der Waals surface area contributed by atoms with Gasteiger partial charge in [0.05, 0.1) is 49.6 Å². The number of carbonyl (C=O) groups excluding carboxylic acids is 4. The maximum absolute atomic E-state index is 14.1. The maximum atomic E-state index is 14.1. The van der Waals surface area contributed by atoms with Crippen LogP contribution in [0.1, 0.15) is 136 Å². The molecule has 552 valence electrons. The van der Waals surface area contributed by atoms with Crippen molar-refractivity contribution in [3.8, 4) is 11.5 Å². The van der Waals surface area contributed by atoms with Crippen molar-refractivity contribution in [1.29, 1.82) is 0 Å². The van der Waals surface area contributed by atoms with Crippen molar-refractivity contribution in [2.75, 3.05) is 105 Å². The third-order valence-corrected chi connectivity index (χ3v) is 27.4. The quantitative estimate of drug-likeness (QED) is 0.120. The number of nitrogens with zero attached hydrogens (tertiary/aromatic N) is 6. The molecule has 6 heterocycles. The highest BCUT2D eigenvalue weighted by Crippen LogP contribution is 2.51. The average Bonchev–Trinajstić information content (AvgIpc) is 1.49. The van der Waals surface area contributed by atoms with Crippen molar-refractivity contribution in [1.82, 2.24) is 27.9 Å². The third-order valence-electron chi connectivity index (χ3n) is 24.1. The van der Waals surface area contributed by atoms with E-state index < -0.39 is 68.1 Å². The molecule has 102 heavy (non-hydrogen) atoms. The topological polar surface area (TPSA) is 257 Å². The van der Waals surface area contributed by atoms with E-state index in [1.165, 1.54) is 50.4 Å². The number of nitrogens with one attached hydrogen (secondary N) is 2. The first-order valence-electron chi connectivity index (χ1n) is 36.2. The van der Waals surface area contributed by atoms with Gasteiger partial charge in [0.1, 0.15) is 11.5 Å². The number of rotatable bonds is 8. The first-order chi connectivity index (χ1) is 48.7. The van der Waals surface area contributed by atoms with Gasteiger partial charge >= 0.3 is 20.4 Å². The van der Waals surface area contributed by atoms with Crippen LogP contribution in [0.3, 0.4) is 0 Å². The molecular weight excluding hydrogens is 1380 g/mol. The second kappa shape index (κ2) is 29.6. The predicted octanol–water partition coefficient (Wildman–Crippen LogP) is 8.61. The first kappa shape index (κ1) is 74.0. The molecule has 2 spiro atoms. The summed E-state index contributed by atoms with van der Waals surface area (Å²) in [6, 6.07) is 22.2. The van der Waals surface area contributed by atoms with Gasteiger partial charge in [-0.1, -0.05) is 71.8 Å². The lowest BCUT2D eigenvalue weighted by molar-refractivity contribution is -0.149. The number of carbonyl (C=O) groups is 4. The van der Waals surface area contributed by atoms with Gasteiger partial charge in [-0.15, -0.1) is 0 Å². The molecule has 4 fully saturated rings. The van der Waals surface area contributed by atoms with Crippen LogP contribution in [-0.2, 0) is 83.9 Å². The summed E-state index contributed by atoms with van der Waals surface area (Å²) in [5.41, 5.74) is 0.868. The number of aryl methyl sites for hydroxylation is 2. The Kier molecular flexibility index (Phi) is 21.4. The second-order valence-electron chi connectivity index (χ2n) is 30.6. The predicted molar refractivity (Wildman–Crippen MR) is 390 cm³/mol. The van der Waals surface area contributed by atoms with Crippen LogP contribution < -0.4 is 28.7 Å². The number of fused-ring (bicyclic) bond motifs is 10. The molecule has 4 N–H and O–H groups in total. The Labute approximate surface area is 610 Å². The number of hydrogen-bond donors (Lipinski definition) is 4. The van der Waals surface area contributed by atoms with Gasteiger partial charge in [-0.05, 0) is 208 Å². The SMILES string of the molecule is CO[C@H]1/C=C/C[C@@H]2CCCN2C(=O)C[C@@](O)(C(=O)NS(=O)(=O)N(C)C)c2ccc3c(c2)N(C[C@@H]2CC[C@H]21)C[C@@]1(CCCc2cc(Cl)ccc21)CO3.CO[C@H]1/C=C/C[C@@H]2CCCN2C(=O)C[C@](O)(C(=O)NS(=O)(=O)N(C)C)c2ccc3c(c2)N(C[C@@H]2CC[C@H]21)C[C@@]1(CCCc2cc(Cl)ccc21)CO3. The maximum Gasteiger partial charge on any atom is 0.303 e. The molecule has 6 aliphatic heterocycles. The first-order valence-corrected chi connectivity index (χ1v) is 39.8. The van der Waals surface area contributed by atoms with E-state index in [2.05, 4.69) is 58.4 Å². The van der Waals surface area contributed by atoms with Crippen LogP contribution in [0.15, 0.2) is 97.1 Å². The molecule has 4 amide bonds. The summed E-state index contributed by atoms with van der Waals surface area (Å²) < 4.78 is 82.8. The van der Waals surface area contributed by atoms with Crippen LogP contribution in [0, 0.1) is 23.7 Å². The Balaban J connectivity index is 0.000000182. The molecule has 26 heteroatoms. The Bertz CT molecular complexity index is 3900. The highest BCUT2D eigenvalue weighted by molar-refractivity contribution is 7.88. The summed E-state index contributed by atoms with van der Waals surface area (Å²) in [6.07, 6.45) is 21.3. The van der Waals surface area contributed by atoms with Crippen LogP contribution in [-0.4, -0.2) is 188 Å². The number of anilines is 2. The summed E-state index contributed by atoms with van der Waals surface area (Å²) in [7, 11) is 0.121. The molecule has 14 rings (SSSR count). The van der Waals surface area contributed by atoms with E-state index in [9.17, 15) is 46.2 Å². The Morgan fingerprint density at radius 3 is 1.35 bits per heavy atom. The largest absolute Gasteiger partial charge is 0.490 e. The summed E-state index contributed by atoms with van der Waals surface area (Å²) in [6.45, 7) is 4.49. The average molecular weight is 1480 g/mol. The minimum absolute atomic E-state index is 0.0600. The normalized spacial score (nSPS) is 31.5. The molecule has 12 atom stereocenters. The molecular formula is C76H98Cl2N8O14S2. The van der Waals surface area contributed by atoms with Crippen molar-refractivity contribution in [2.45, 2.75) is 162 Å². The fourth-order valence-corrected chi connectivity index (χ4v) is 19.6. The highest BCUT2D eigenvalue weighted by atomic mass is 35.5. The Morgan fingerprint density at radius 1 is 0.569 bits per heavy atom. The van der Waals surface area contributed by atoms with Gasteiger partial charge in [-0.25, -0.2) is 9.44 Å². The standard InChI is InChI=1S/2C38H49ClN4O7S/c2*1-41(2)51(47,48)40-36(45)38(46)21-35(44)43-18-6-9-29(43)8-4-10-33(49-3)30-14-11-26(30)22-42-23-37(24-50-34-16-12-27(38)20-32(34)42)17-5-7-25-19-28(39)13-15-31(25)37/h2*4,10,12-13,15-16,19-20,26,29-30,33,46H,5-9,11,14,17-18,21-24H2,1-3H3,(H,40,45)/b2*10-4+/t26-,29+,30+,33-,37-,38+;26-,29+,30+,33-,37-,38-/m00/s1. The van der Waals surface area contributed by atoms with E-state index in [1.54, 1.807) is 60.4 Å². The molecule has 22 nitrogen and oxygen atoms in total. The van der Waals surface area contributed by atoms with E-state index in [-0.39, 0.29) is 46.2 Å². The van der Waals surface area contributed by atoms with Crippen LogP contribution in [0.25, 0.3) is 0 Å². The fourth-order valence-electron chi connectivity index (χ4n) is 18.0. The molecule has 10 aliphatic rings. The molecule has 2 saturated heterocycles. The fraction of sp³-hybridized carbons (Fsp3) is 0.579. The molecule has 4 bridgehead atoms. The number of aliphatic hydroxyl groups is 2. The van der Waals surface area contributed by atoms with Gasteiger partial charge in [-0.2, -0.15) is 25.4 Å². The van der Waals surface area contributed by atoms with Gasteiger partial charge < -0.3 is 48.8 Å². The van der Waals surface area contributed by atoms with Crippen molar-refractivity contribution < 1.29 is 65.2 Å². The lowest BCUT2D eigenvalue weighted by Crippen LogP contribution is -2.52. The van der Waals surface area contributed by atoms with Gasteiger partial charge in [0.15, 0.2) is 11.2 Å². The molecule has 0 aromatic heterocycles. The zero-order valence-corrected chi connectivity index (χ0v) is 62.4. The van der Waals surface area contributed by atoms with Crippen molar-refractivity contribution >= 4 is 78.6 Å². The minimum Gasteiger partial charge on any atom is -0.490 e. The summed E-state index contributed by atoms with van der Waals surface area (Å²) >= 11 is 12.9. The van der Waals surface area contributed by atoms with Crippen LogP contribution >= 0.6 is 23.2 Å². The summed E-state index contributed by atoms with van der Waals surface area (Å²) in [4.78, 5) is 64.2. The number of methoxy groups -OCH3 is 2. The lowest BCUT2D eigenvalue weighted by Gasteiger charge is -2.46. The number of amides is 4. The van der Waals surface area contributed by atoms with E-state index in [1.807, 2.05) is 21.6 Å². The van der Waals surface area contributed by atoms with Gasteiger partial charge in [0.2, 0.25) is 11.8 Å². The van der Waals surface area contributed by atoms with E-state index in [0.29, 0.717) is 122 Å². The van der Waals surface area contributed by atoms with E-state index in [0.717, 1.165) is 98.5 Å². The monoisotopic (exact) mass is 1480 g/mol. The highest BCUT2D eigenvalue weighted by Gasteiger charge is 2.51. The van der Waals surface area contributed by atoms with Crippen LogP contribution in [0.5, 0.6) is 11.5 Å². The third kappa shape index (κ3) is 14.5. The van der Waals surface area contributed by atoms with Gasteiger partial charge in [0, 0.05) is 115 Å². The molecule has 4 aromatic carbocycles. The minimum atomic E-state index is -4.28. The van der Waals surface area contributed by atoms with E-state index >= 15 is 0 Å². The Hall–Kier alpha value is -6.32. The summed E-state index contributed by atoms with van der Waals surface area (Å²) in [5, 5.41) is 26.2. The molecule has 4 aromatic rings. The smallest absolute Gasteiger partial charge is 0.303 e. The van der Waals surface area contributed by atoms with Crippen molar-refractivity contribution in [3.05, 3.63) is 141 Å². The Morgan fingerprint density at radius 2 is 0.980 bits per heavy atom. The molecule has 2 saturated carbocycles. The number of halogens is 2. The molecule has 0 unspecified atom stereocenters. The van der Waals surface area contributed by atoms with Crippen molar-refractivity contribution in [2.24, 2.45) is 23.7 Å². The lowest BCUT2D eigenvalue weighted by atomic mass is 9.68. The van der Waals surface area contributed by atoms with Gasteiger partial charge in [0.25, 0.3) is 11.8 Å². The number of ether oxygens (including phenoxy) is 4. The summed E-state index contributed by atoms with van der Waals surface area (Å²) in [5.74, 6) is -0.781. The second-order valence-corrected chi connectivity index (χ2v) is 35.2. The number of hydrogen-bond acceptors (Lipinski definition) is 16. The van der Waals surface area contributed by atoms with Gasteiger partial charge in [-0.3, -0.25) is 19.2 Å². The van der Waals surface area contributed by atoms with Crippen LogP contribution in [0.2, 0.25) is 10.0 Å². The van der Waals surface area contributed by atoms with E-state index in [4.69, 9.17) is 42.1 Å². The molecule has 0 radical (unpaired) electrons. The zero-order valence-electron chi connectivity index (χ0n) is 59.3. The van der Waals surface area contributed by atoms with Crippen LogP contribution in [0.4, 0.5) is 11.4 Å². The molecule has 4 aliphatic carbocycles. The zero-order chi connectivity index (χ0) is 72.3.